The number of unbranched alkanes of at least 4 members (excludes halogenated alkanes) is 1. The average molecular weight is 222 g/mol. The Morgan fingerprint density at radius 2 is 1.80 bits per heavy atom. The first kappa shape index (κ1) is 12.7. The van der Waals surface area contributed by atoms with Crippen LogP contribution in [0.4, 0.5) is 0 Å². The van der Waals surface area contributed by atoms with Crippen LogP contribution in [0.5, 0.6) is 0 Å². The van der Waals surface area contributed by atoms with E-state index < -0.39 is 0 Å². The molecule has 1 aromatic carbocycles. The zero-order valence-corrected chi connectivity index (χ0v) is 11.4. The molecule has 0 aliphatic heterocycles. The first-order valence-corrected chi connectivity index (χ1v) is 8.22. The van der Waals surface area contributed by atoms with E-state index >= 15 is 0 Å². The first-order valence-electron chi connectivity index (χ1n) is 5.80. The summed E-state index contributed by atoms with van der Waals surface area (Å²) in [5, 5.41) is 0. The number of benzene rings is 1. The predicted octanol–water partition coefficient (Wildman–Crippen LogP) is 4.37. The van der Waals surface area contributed by atoms with Crippen molar-refractivity contribution in [2.75, 3.05) is 19.5 Å². The molecule has 84 valence electrons. The average Bonchev–Trinajstić information content (AvgIpc) is 2.14. The molecular weight excluding hydrogens is 199 g/mol. The van der Waals surface area contributed by atoms with Crippen molar-refractivity contribution >= 4 is 7.92 Å². The first-order chi connectivity index (χ1) is 7.09. The largest absolute Gasteiger partial charge is 0.113 e. The van der Waals surface area contributed by atoms with Gasteiger partial charge in [0.05, 0.1) is 0 Å². The maximum absolute atomic E-state index is 2.37. The van der Waals surface area contributed by atoms with Gasteiger partial charge in [0, 0.05) is 0 Å². The Kier molecular flexibility index (Phi) is 5.32. The molecule has 1 heteroatoms. The number of aryl methyl sites for hydroxylation is 3. The van der Waals surface area contributed by atoms with Crippen molar-refractivity contribution in [2.45, 2.75) is 33.1 Å². The van der Waals surface area contributed by atoms with Crippen LogP contribution in [0.25, 0.3) is 0 Å². The van der Waals surface area contributed by atoms with Crippen LogP contribution in [0.1, 0.15) is 29.5 Å². The lowest BCUT2D eigenvalue weighted by molar-refractivity contribution is 0.796. The summed E-state index contributed by atoms with van der Waals surface area (Å²) in [7, 11) is 0.306. The topological polar surface area (TPSA) is 0 Å². The Morgan fingerprint density at radius 1 is 1.07 bits per heavy atom. The Bertz CT molecular complexity index is 302. The van der Waals surface area contributed by atoms with E-state index in [1.54, 1.807) is 0 Å². The normalized spacial score (nSPS) is 11.0. The second kappa shape index (κ2) is 6.28. The molecule has 0 heterocycles. The van der Waals surface area contributed by atoms with E-state index in [0.29, 0.717) is 7.92 Å². The van der Waals surface area contributed by atoms with Gasteiger partial charge >= 0.3 is 0 Å². The minimum atomic E-state index is 0.306. The molecule has 0 radical (unpaired) electrons. The lowest BCUT2D eigenvalue weighted by atomic mass is 10.0. The number of hydrogen-bond acceptors (Lipinski definition) is 0. The van der Waals surface area contributed by atoms with E-state index in [1.807, 2.05) is 0 Å². The van der Waals surface area contributed by atoms with Crippen LogP contribution in [0.3, 0.4) is 0 Å². The molecule has 0 spiro atoms. The summed E-state index contributed by atoms with van der Waals surface area (Å²) < 4.78 is 0. The van der Waals surface area contributed by atoms with Gasteiger partial charge in [-0.25, -0.2) is 0 Å². The molecule has 0 amide bonds. The van der Waals surface area contributed by atoms with Crippen LogP contribution in [0, 0.1) is 13.8 Å². The lowest BCUT2D eigenvalue weighted by Gasteiger charge is -2.08. The van der Waals surface area contributed by atoms with Gasteiger partial charge < -0.3 is 0 Å². The van der Waals surface area contributed by atoms with E-state index in [-0.39, 0.29) is 0 Å². The maximum atomic E-state index is 2.37. The molecule has 0 aromatic heterocycles. The third kappa shape index (κ3) is 4.80. The zero-order chi connectivity index (χ0) is 11.3. The van der Waals surface area contributed by atoms with E-state index in [1.165, 1.54) is 42.1 Å². The molecule has 0 atom stereocenters. The molecule has 0 bridgehead atoms. The SMILES string of the molecule is Cc1ccc(CCCCP(C)C)c(C)c1. The van der Waals surface area contributed by atoms with E-state index in [4.69, 9.17) is 0 Å². The standard InChI is InChI=1S/C14H23P/c1-12-8-9-14(13(2)11-12)7-5-6-10-15(3)4/h8-9,11H,5-7,10H2,1-4H3. The maximum Gasteiger partial charge on any atom is -0.0276 e. The van der Waals surface area contributed by atoms with Crippen LogP contribution >= 0.6 is 7.92 Å². The zero-order valence-electron chi connectivity index (χ0n) is 10.5. The minimum Gasteiger partial charge on any atom is -0.113 e. The monoisotopic (exact) mass is 222 g/mol. The summed E-state index contributed by atoms with van der Waals surface area (Å²) in [6, 6.07) is 6.82. The smallest absolute Gasteiger partial charge is 0.0276 e. The molecule has 0 aliphatic rings. The summed E-state index contributed by atoms with van der Waals surface area (Å²) in [6.45, 7) is 9.13. The Balaban J connectivity index is 2.37. The van der Waals surface area contributed by atoms with Crippen molar-refractivity contribution in [3.63, 3.8) is 0 Å². The van der Waals surface area contributed by atoms with Gasteiger partial charge in [-0.2, -0.15) is 0 Å². The van der Waals surface area contributed by atoms with E-state index in [9.17, 15) is 0 Å². The second-order valence-corrected chi connectivity index (χ2v) is 7.30. The molecule has 0 fully saturated rings. The van der Waals surface area contributed by atoms with Gasteiger partial charge in [-0.3, -0.25) is 0 Å². The second-order valence-electron chi connectivity index (χ2n) is 4.69. The minimum absolute atomic E-state index is 0.306. The quantitative estimate of drug-likeness (QED) is 0.512. The molecule has 0 nitrogen and oxygen atoms in total. The van der Waals surface area contributed by atoms with Gasteiger partial charge in [0.2, 0.25) is 0 Å². The fourth-order valence-electron chi connectivity index (χ4n) is 1.87. The van der Waals surface area contributed by atoms with Gasteiger partial charge in [0.15, 0.2) is 0 Å². The van der Waals surface area contributed by atoms with Gasteiger partial charge in [-0.05, 0) is 63.7 Å². The summed E-state index contributed by atoms with van der Waals surface area (Å²) in [5.74, 6) is 0. The van der Waals surface area contributed by atoms with E-state index in [2.05, 4.69) is 45.4 Å². The molecular formula is C14H23P. The highest BCUT2D eigenvalue weighted by Gasteiger charge is 1.99. The molecule has 0 unspecified atom stereocenters. The molecule has 0 aliphatic carbocycles. The highest BCUT2D eigenvalue weighted by molar-refractivity contribution is 7.55. The van der Waals surface area contributed by atoms with Crippen molar-refractivity contribution < 1.29 is 0 Å². The number of rotatable bonds is 5. The van der Waals surface area contributed by atoms with Gasteiger partial charge in [0.1, 0.15) is 0 Å². The van der Waals surface area contributed by atoms with Gasteiger partial charge in [-0.1, -0.05) is 23.8 Å². The molecule has 1 aromatic rings. The third-order valence-electron chi connectivity index (χ3n) is 2.80. The summed E-state index contributed by atoms with van der Waals surface area (Å²) in [4.78, 5) is 0. The number of hydrogen-bond donors (Lipinski definition) is 0. The van der Waals surface area contributed by atoms with Gasteiger partial charge in [-0.15, -0.1) is 7.92 Å². The Morgan fingerprint density at radius 3 is 2.40 bits per heavy atom. The summed E-state index contributed by atoms with van der Waals surface area (Å²) >= 11 is 0. The van der Waals surface area contributed by atoms with Crippen LogP contribution in [-0.4, -0.2) is 19.5 Å². The van der Waals surface area contributed by atoms with Gasteiger partial charge in [0.25, 0.3) is 0 Å². The fraction of sp³-hybridized carbons (Fsp3) is 0.571. The van der Waals surface area contributed by atoms with Crippen LogP contribution in [0.2, 0.25) is 0 Å². The summed E-state index contributed by atoms with van der Waals surface area (Å²) in [5.41, 5.74) is 4.38. The molecule has 1 rings (SSSR count). The summed E-state index contributed by atoms with van der Waals surface area (Å²) in [6.07, 6.45) is 5.44. The molecule has 0 saturated carbocycles. The van der Waals surface area contributed by atoms with Crippen LogP contribution < -0.4 is 0 Å². The van der Waals surface area contributed by atoms with Crippen molar-refractivity contribution in [1.82, 2.24) is 0 Å². The third-order valence-corrected chi connectivity index (χ3v) is 4.01. The van der Waals surface area contributed by atoms with Crippen LogP contribution in [-0.2, 0) is 6.42 Å². The van der Waals surface area contributed by atoms with Crippen molar-refractivity contribution in [1.29, 1.82) is 0 Å². The Hall–Kier alpha value is -0.350. The molecule has 15 heavy (non-hydrogen) atoms. The predicted molar refractivity (Wildman–Crippen MR) is 72.5 cm³/mol. The van der Waals surface area contributed by atoms with Crippen molar-refractivity contribution in [2.24, 2.45) is 0 Å². The highest BCUT2D eigenvalue weighted by atomic mass is 31.1. The molecule has 0 saturated heterocycles. The van der Waals surface area contributed by atoms with Crippen molar-refractivity contribution in [3.05, 3.63) is 34.9 Å². The lowest BCUT2D eigenvalue weighted by Crippen LogP contribution is -1.92. The van der Waals surface area contributed by atoms with Crippen molar-refractivity contribution in [3.8, 4) is 0 Å². The van der Waals surface area contributed by atoms with E-state index in [0.717, 1.165) is 0 Å². The fourth-order valence-corrected chi connectivity index (χ4v) is 2.73. The van der Waals surface area contributed by atoms with Crippen LogP contribution in [0.15, 0.2) is 18.2 Å². The highest BCUT2D eigenvalue weighted by Crippen LogP contribution is 2.26. The molecule has 0 N–H and O–H groups in total. The Labute approximate surface area is 95.9 Å².